The van der Waals surface area contributed by atoms with Crippen molar-refractivity contribution in [1.29, 1.82) is 0 Å². The van der Waals surface area contributed by atoms with E-state index in [9.17, 15) is 10.2 Å². The van der Waals surface area contributed by atoms with Crippen LogP contribution in [0.2, 0.25) is 0 Å². The monoisotopic (exact) mass is 395 g/mol. The standard InChI is InChI=1S/C12H18IN3O2S/c1-6-10(13)11(16-12(14-6)19-2)15-8-3-7(5-17)9(18)4-8/h7-9,17-18H,3-5H2,1-2H3,(H,14,15,16)/t7-,8-,9+/m1/s1. The van der Waals surface area contributed by atoms with E-state index >= 15 is 0 Å². The van der Waals surface area contributed by atoms with E-state index in [0.717, 1.165) is 26.7 Å². The van der Waals surface area contributed by atoms with Gasteiger partial charge in [-0.2, -0.15) is 0 Å². The SMILES string of the molecule is CSc1nc(C)c(I)c(N[C@@H]2C[C@H](CO)[C@@H](O)C2)n1. The topological polar surface area (TPSA) is 78.3 Å². The Hall–Kier alpha value is -0.120. The second kappa shape index (κ2) is 6.55. The fourth-order valence-electron chi connectivity index (χ4n) is 2.33. The zero-order valence-electron chi connectivity index (χ0n) is 10.9. The highest BCUT2D eigenvalue weighted by Crippen LogP contribution is 2.30. The van der Waals surface area contributed by atoms with Gasteiger partial charge in [-0.25, -0.2) is 9.97 Å². The molecular weight excluding hydrogens is 377 g/mol. The molecule has 1 heterocycles. The number of hydrogen-bond acceptors (Lipinski definition) is 6. The van der Waals surface area contributed by atoms with Crippen molar-refractivity contribution in [3.63, 3.8) is 0 Å². The molecule has 1 saturated carbocycles. The van der Waals surface area contributed by atoms with Crippen LogP contribution in [0.1, 0.15) is 18.5 Å². The van der Waals surface area contributed by atoms with Crippen LogP contribution in [-0.2, 0) is 0 Å². The Morgan fingerprint density at radius 2 is 2.16 bits per heavy atom. The molecule has 0 spiro atoms. The minimum atomic E-state index is -0.428. The predicted molar refractivity (Wildman–Crippen MR) is 84.5 cm³/mol. The van der Waals surface area contributed by atoms with E-state index < -0.39 is 6.10 Å². The van der Waals surface area contributed by atoms with Gasteiger partial charge in [0.2, 0.25) is 0 Å². The molecule has 0 amide bonds. The third-order valence-corrected chi connectivity index (χ3v) is 5.25. The Balaban J connectivity index is 2.13. The molecule has 0 aliphatic heterocycles. The van der Waals surface area contributed by atoms with Crippen LogP contribution in [0.15, 0.2) is 5.16 Å². The van der Waals surface area contributed by atoms with Crippen LogP contribution in [0.4, 0.5) is 5.82 Å². The summed E-state index contributed by atoms with van der Waals surface area (Å²) in [6.45, 7) is 2.00. The number of anilines is 1. The molecule has 1 aromatic heterocycles. The Labute approximate surface area is 130 Å². The van der Waals surface area contributed by atoms with Gasteiger partial charge in [0.15, 0.2) is 5.16 Å². The zero-order chi connectivity index (χ0) is 14.0. The molecule has 5 nitrogen and oxygen atoms in total. The molecule has 1 aromatic rings. The number of rotatable bonds is 4. The summed E-state index contributed by atoms with van der Waals surface area (Å²) >= 11 is 3.75. The molecule has 19 heavy (non-hydrogen) atoms. The lowest BCUT2D eigenvalue weighted by molar-refractivity contribution is 0.0908. The van der Waals surface area contributed by atoms with Gasteiger partial charge in [0.05, 0.1) is 15.4 Å². The smallest absolute Gasteiger partial charge is 0.189 e. The number of aliphatic hydroxyl groups is 2. The number of hydrogen-bond donors (Lipinski definition) is 3. The summed E-state index contributed by atoms with van der Waals surface area (Å²) in [6.07, 6.45) is 2.94. The molecule has 0 unspecified atom stereocenters. The molecule has 1 aliphatic carbocycles. The Kier molecular flexibility index (Phi) is 5.27. The maximum absolute atomic E-state index is 9.82. The molecule has 3 atom stereocenters. The van der Waals surface area contributed by atoms with Gasteiger partial charge in [-0.1, -0.05) is 11.8 Å². The molecule has 0 radical (unpaired) electrons. The summed E-state index contributed by atoms with van der Waals surface area (Å²) < 4.78 is 1.01. The fraction of sp³-hybridized carbons (Fsp3) is 0.667. The third-order valence-electron chi connectivity index (χ3n) is 3.41. The van der Waals surface area contributed by atoms with Crippen molar-refractivity contribution < 1.29 is 10.2 Å². The van der Waals surface area contributed by atoms with E-state index in [-0.39, 0.29) is 18.6 Å². The predicted octanol–water partition coefficient (Wildman–Crippen LogP) is 1.66. The van der Waals surface area contributed by atoms with Crippen LogP contribution in [-0.4, -0.2) is 45.2 Å². The first-order chi connectivity index (χ1) is 9.05. The van der Waals surface area contributed by atoms with Crippen molar-refractivity contribution >= 4 is 40.2 Å². The van der Waals surface area contributed by atoms with Crippen molar-refractivity contribution in [1.82, 2.24) is 9.97 Å². The first-order valence-electron chi connectivity index (χ1n) is 6.18. The van der Waals surface area contributed by atoms with Crippen LogP contribution < -0.4 is 5.32 Å². The average molecular weight is 395 g/mol. The van der Waals surface area contributed by atoms with Crippen LogP contribution >= 0.6 is 34.4 Å². The Bertz CT molecular complexity index is 461. The lowest BCUT2D eigenvalue weighted by atomic mass is 10.1. The van der Waals surface area contributed by atoms with Crippen LogP contribution in [0.5, 0.6) is 0 Å². The second-order valence-corrected chi connectivity index (χ2v) is 6.63. The summed E-state index contributed by atoms with van der Waals surface area (Å²) in [5, 5.41) is 23.1. The summed E-state index contributed by atoms with van der Waals surface area (Å²) in [6, 6.07) is 0.157. The lowest BCUT2D eigenvalue weighted by Gasteiger charge is -2.15. The van der Waals surface area contributed by atoms with E-state index in [4.69, 9.17) is 0 Å². The Morgan fingerprint density at radius 1 is 1.42 bits per heavy atom. The van der Waals surface area contributed by atoms with E-state index in [0.29, 0.717) is 6.42 Å². The maximum Gasteiger partial charge on any atom is 0.189 e. The molecular formula is C12H18IN3O2S. The van der Waals surface area contributed by atoms with E-state index in [1.54, 1.807) is 0 Å². The lowest BCUT2D eigenvalue weighted by Crippen LogP contribution is -2.19. The quantitative estimate of drug-likeness (QED) is 0.409. The summed E-state index contributed by atoms with van der Waals surface area (Å²) in [5.74, 6) is 0.798. The highest BCUT2D eigenvalue weighted by Gasteiger charge is 2.32. The fourth-order valence-corrected chi connectivity index (χ4v) is 3.14. The molecule has 1 fully saturated rings. The van der Waals surface area contributed by atoms with Crippen LogP contribution in [0.3, 0.4) is 0 Å². The minimum Gasteiger partial charge on any atom is -0.396 e. The number of halogens is 1. The van der Waals surface area contributed by atoms with Gasteiger partial charge in [0.1, 0.15) is 5.82 Å². The summed E-state index contributed by atoms with van der Waals surface area (Å²) in [4.78, 5) is 8.87. The largest absolute Gasteiger partial charge is 0.396 e. The van der Waals surface area contributed by atoms with Crippen LogP contribution in [0.25, 0.3) is 0 Å². The maximum atomic E-state index is 9.82. The summed E-state index contributed by atoms with van der Waals surface area (Å²) in [7, 11) is 0. The number of aromatic nitrogens is 2. The highest BCUT2D eigenvalue weighted by molar-refractivity contribution is 14.1. The molecule has 7 heteroatoms. The first kappa shape index (κ1) is 15.3. The summed E-state index contributed by atoms with van der Waals surface area (Å²) in [5.41, 5.74) is 0.958. The van der Waals surface area contributed by atoms with E-state index in [1.807, 2.05) is 13.2 Å². The number of thioether (sulfide) groups is 1. The number of aryl methyl sites for hydroxylation is 1. The van der Waals surface area contributed by atoms with Crippen molar-refractivity contribution in [2.45, 2.75) is 37.1 Å². The van der Waals surface area contributed by atoms with Gasteiger partial charge in [-0.3, -0.25) is 0 Å². The zero-order valence-corrected chi connectivity index (χ0v) is 13.9. The van der Waals surface area contributed by atoms with Crippen molar-refractivity contribution in [2.75, 3.05) is 18.2 Å². The van der Waals surface area contributed by atoms with Gasteiger partial charge in [-0.15, -0.1) is 0 Å². The normalized spacial score (nSPS) is 26.7. The molecule has 106 valence electrons. The van der Waals surface area contributed by atoms with Crippen LogP contribution in [0, 0.1) is 16.4 Å². The average Bonchev–Trinajstić information content (AvgIpc) is 2.74. The number of aliphatic hydroxyl groups excluding tert-OH is 2. The number of nitrogens with zero attached hydrogens (tertiary/aromatic N) is 2. The molecule has 0 bridgehead atoms. The third kappa shape index (κ3) is 3.50. The highest BCUT2D eigenvalue weighted by atomic mass is 127. The minimum absolute atomic E-state index is 0.0295. The number of nitrogens with one attached hydrogen (secondary N) is 1. The van der Waals surface area contributed by atoms with Crippen molar-refractivity contribution in [3.8, 4) is 0 Å². The van der Waals surface area contributed by atoms with E-state index in [2.05, 4.69) is 37.9 Å². The van der Waals surface area contributed by atoms with Gasteiger partial charge < -0.3 is 15.5 Å². The van der Waals surface area contributed by atoms with E-state index in [1.165, 1.54) is 11.8 Å². The molecule has 0 saturated heterocycles. The van der Waals surface area contributed by atoms with Crippen molar-refractivity contribution in [3.05, 3.63) is 9.26 Å². The molecule has 1 aliphatic rings. The van der Waals surface area contributed by atoms with Gasteiger partial charge in [-0.05, 0) is 48.6 Å². The van der Waals surface area contributed by atoms with Crippen molar-refractivity contribution in [2.24, 2.45) is 5.92 Å². The van der Waals surface area contributed by atoms with Gasteiger partial charge in [0, 0.05) is 18.6 Å². The second-order valence-electron chi connectivity index (χ2n) is 4.78. The molecule has 3 N–H and O–H groups in total. The Morgan fingerprint density at radius 3 is 2.74 bits per heavy atom. The van der Waals surface area contributed by atoms with Gasteiger partial charge in [0.25, 0.3) is 0 Å². The molecule has 2 rings (SSSR count). The van der Waals surface area contributed by atoms with Gasteiger partial charge >= 0.3 is 0 Å². The molecule has 0 aromatic carbocycles. The first-order valence-corrected chi connectivity index (χ1v) is 8.49.